The van der Waals surface area contributed by atoms with Crippen molar-refractivity contribution in [3.8, 4) is 5.75 Å². The molecule has 0 heterocycles. The van der Waals surface area contributed by atoms with E-state index >= 15 is 0 Å². The molecule has 2 aromatic carbocycles. The van der Waals surface area contributed by atoms with Gasteiger partial charge in [-0.25, -0.2) is 10.2 Å². The fourth-order valence-corrected chi connectivity index (χ4v) is 2.11. The lowest BCUT2D eigenvalue weighted by atomic mass is 10.2. The molecule has 0 aliphatic rings. The quantitative estimate of drug-likeness (QED) is 0.398. The molecule has 0 radical (unpaired) electrons. The summed E-state index contributed by atoms with van der Waals surface area (Å²) >= 11 is 5.96. The summed E-state index contributed by atoms with van der Waals surface area (Å²) in [7, 11) is 0. The molecule has 0 spiro atoms. The molecule has 0 fully saturated rings. The number of ether oxygens (including phenoxy) is 1. The van der Waals surface area contributed by atoms with Crippen LogP contribution in [0.1, 0.15) is 11.1 Å². The molecule has 0 aliphatic heterocycles. The van der Waals surface area contributed by atoms with Gasteiger partial charge in [0.2, 0.25) is 0 Å². The summed E-state index contributed by atoms with van der Waals surface area (Å²) in [6.07, 6.45) is 1.24. The number of halogens is 1. The average Bonchev–Trinajstić information content (AvgIpc) is 2.63. The van der Waals surface area contributed by atoms with E-state index in [-0.39, 0.29) is 5.75 Å². The summed E-state index contributed by atoms with van der Waals surface area (Å²) in [4.78, 5) is 34.3. The number of nitrogens with one attached hydrogen (secondary N) is 2. The number of nitrogens with zero attached hydrogens (tertiary/aromatic N) is 1. The number of amides is 2. The van der Waals surface area contributed by atoms with E-state index in [4.69, 9.17) is 21.4 Å². The molecule has 3 N–H and O–H groups in total. The van der Waals surface area contributed by atoms with Gasteiger partial charge in [-0.1, -0.05) is 29.8 Å². The third kappa shape index (κ3) is 6.12. The van der Waals surface area contributed by atoms with Crippen LogP contribution in [0, 0.1) is 6.92 Å². The highest BCUT2D eigenvalue weighted by Crippen LogP contribution is 2.19. The highest BCUT2D eigenvalue weighted by Gasteiger charge is 2.13. The number of para-hydroxylation sites is 1. The van der Waals surface area contributed by atoms with E-state index in [1.54, 1.807) is 36.4 Å². The third-order valence-electron chi connectivity index (χ3n) is 3.28. The minimum atomic E-state index is -1.12. The third-order valence-corrected chi connectivity index (χ3v) is 3.68. The van der Waals surface area contributed by atoms with E-state index in [1.165, 1.54) is 12.3 Å². The summed E-state index contributed by atoms with van der Waals surface area (Å²) in [5.74, 6) is -2.74. The number of carboxylic acid groups (broad SMARTS) is 1. The fraction of sp³-hybridized carbons (Fsp3) is 0.111. The van der Waals surface area contributed by atoms with Crippen LogP contribution in [0.4, 0.5) is 5.69 Å². The van der Waals surface area contributed by atoms with Crippen LogP contribution in [0.5, 0.6) is 5.75 Å². The average molecular weight is 390 g/mol. The number of hydrazone groups is 1. The maximum atomic E-state index is 11.9. The van der Waals surface area contributed by atoms with Crippen LogP contribution >= 0.6 is 11.6 Å². The van der Waals surface area contributed by atoms with E-state index in [2.05, 4.69) is 15.8 Å². The van der Waals surface area contributed by atoms with Crippen molar-refractivity contribution < 1.29 is 24.2 Å². The predicted octanol–water partition coefficient (Wildman–Crippen LogP) is 2.20. The molecule has 0 aromatic heterocycles. The first-order chi connectivity index (χ1) is 12.9. The molecule has 0 saturated heterocycles. The van der Waals surface area contributed by atoms with Crippen molar-refractivity contribution in [2.45, 2.75) is 6.92 Å². The van der Waals surface area contributed by atoms with Gasteiger partial charge in [0.15, 0.2) is 6.61 Å². The Morgan fingerprint density at radius 1 is 1.19 bits per heavy atom. The van der Waals surface area contributed by atoms with Gasteiger partial charge in [0, 0.05) is 16.3 Å². The Hall–Kier alpha value is -3.39. The summed E-state index contributed by atoms with van der Waals surface area (Å²) in [6, 6.07) is 11.4. The number of aryl methyl sites for hydroxylation is 1. The molecule has 0 unspecified atom stereocenters. The lowest BCUT2D eigenvalue weighted by Crippen LogP contribution is -2.32. The second kappa shape index (κ2) is 9.35. The van der Waals surface area contributed by atoms with Crippen LogP contribution in [-0.4, -0.2) is 35.7 Å². The van der Waals surface area contributed by atoms with Gasteiger partial charge in [0.05, 0.1) is 6.21 Å². The number of carboxylic acids is 1. The number of hydrogen-bond donors (Lipinski definition) is 3. The van der Waals surface area contributed by atoms with Crippen molar-refractivity contribution in [2.24, 2.45) is 5.10 Å². The van der Waals surface area contributed by atoms with Crippen LogP contribution in [0.25, 0.3) is 0 Å². The molecule has 27 heavy (non-hydrogen) atoms. The van der Waals surface area contributed by atoms with Gasteiger partial charge in [0.25, 0.3) is 0 Å². The summed E-state index contributed by atoms with van der Waals surface area (Å²) < 4.78 is 5.11. The lowest BCUT2D eigenvalue weighted by molar-refractivity contribution is -0.139. The molecular formula is C18H16ClN3O5. The maximum absolute atomic E-state index is 11.9. The summed E-state index contributed by atoms with van der Waals surface area (Å²) in [6.45, 7) is 1.30. The first-order valence-electron chi connectivity index (χ1n) is 7.71. The first kappa shape index (κ1) is 19.9. The Bertz CT molecular complexity index is 898. The van der Waals surface area contributed by atoms with E-state index < -0.39 is 24.4 Å². The van der Waals surface area contributed by atoms with Crippen LogP contribution in [0.2, 0.25) is 5.02 Å². The summed E-state index contributed by atoms with van der Waals surface area (Å²) in [5, 5.41) is 15.2. The molecule has 140 valence electrons. The molecular weight excluding hydrogens is 374 g/mol. The highest BCUT2D eigenvalue weighted by molar-refractivity contribution is 6.39. The van der Waals surface area contributed by atoms with E-state index in [0.717, 1.165) is 5.56 Å². The molecule has 2 aromatic rings. The second-order valence-electron chi connectivity index (χ2n) is 5.34. The fourth-order valence-electron chi connectivity index (χ4n) is 1.93. The van der Waals surface area contributed by atoms with Gasteiger partial charge in [-0.05, 0) is 36.8 Å². The van der Waals surface area contributed by atoms with E-state index in [0.29, 0.717) is 16.3 Å². The Balaban J connectivity index is 1.95. The zero-order valence-corrected chi connectivity index (χ0v) is 15.0. The maximum Gasteiger partial charge on any atom is 0.341 e. The predicted molar refractivity (Wildman–Crippen MR) is 100 cm³/mol. The van der Waals surface area contributed by atoms with Crippen molar-refractivity contribution in [3.63, 3.8) is 0 Å². The lowest BCUT2D eigenvalue weighted by Gasteiger charge is -2.07. The normalized spacial score (nSPS) is 10.4. The van der Waals surface area contributed by atoms with Gasteiger partial charge in [-0.15, -0.1) is 0 Å². The van der Waals surface area contributed by atoms with Crippen LogP contribution < -0.4 is 15.5 Å². The number of carbonyl (C=O) groups excluding carboxylic acids is 2. The van der Waals surface area contributed by atoms with Crippen molar-refractivity contribution in [2.75, 3.05) is 11.9 Å². The zero-order chi connectivity index (χ0) is 19.8. The Labute approximate surface area is 159 Å². The Kier molecular flexibility index (Phi) is 6.90. The van der Waals surface area contributed by atoms with Gasteiger partial charge < -0.3 is 15.2 Å². The first-order valence-corrected chi connectivity index (χ1v) is 8.09. The van der Waals surface area contributed by atoms with E-state index in [1.807, 2.05) is 6.92 Å². The molecule has 0 saturated carbocycles. The number of rotatable bonds is 6. The van der Waals surface area contributed by atoms with Gasteiger partial charge >= 0.3 is 17.8 Å². The van der Waals surface area contributed by atoms with Crippen molar-refractivity contribution in [1.29, 1.82) is 0 Å². The number of hydrogen-bond acceptors (Lipinski definition) is 5. The van der Waals surface area contributed by atoms with Crippen LogP contribution in [0.3, 0.4) is 0 Å². The smallest absolute Gasteiger partial charge is 0.341 e. The van der Waals surface area contributed by atoms with Crippen LogP contribution in [0.15, 0.2) is 47.6 Å². The highest BCUT2D eigenvalue weighted by atomic mass is 35.5. The molecule has 2 amide bonds. The van der Waals surface area contributed by atoms with Gasteiger partial charge in [0.1, 0.15) is 5.75 Å². The molecule has 9 heteroatoms. The number of benzene rings is 2. The van der Waals surface area contributed by atoms with Crippen molar-refractivity contribution in [1.82, 2.24) is 5.43 Å². The largest absolute Gasteiger partial charge is 0.481 e. The number of aliphatic carboxylic acids is 1. The zero-order valence-electron chi connectivity index (χ0n) is 14.2. The Morgan fingerprint density at radius 3 is 2.63 bits per heavy atom. The molecule has 8 nitrogen and oxygen atoms in total. The minimum absolute atomic E-state index is 0.275. The summed E-state index contributed by atoms with van der Waals surface area (Å²) in [5.41, 5.74) is 3.74. The molecule has 2 rings (SSSR count). The molecule has 0 bridgehead atoms. The minimum Gasteiger partial charge on any atom is -0.481 e. The van der Waals surface area contributed by atoms with Crippen molar-refractivity contribution in [3.05, 3.63) is 58.6 Å². The second-order valence-corrected chi connectivity index (χ2v) is 5.74. The number of anilines is 1. The van der Waals surface area contributed by atoms with Gasteiger partial charge in [-0.3, -0.25) is 9.59 Å². The standard InChI is InChI=1S/C18H16ClN3O5/c1-11-6-7-13(8-14(11)19)21-17(25)18(26)22-20-9-12-4-2-3-5-15(12)27-10-16(23)24/h2-9H,10H2,1H3,(H,21,25)(H,22,26)(H,23,24)/b20-9-. The van der Waals surface area contributed by atoms with Gasteiger partial charge in [-0.2, -0.15) is 5.10 Å². The number of carbonyl (C=O) groups is 3. The van der Waals surface area contributed by atoms with Crippen molar-refractivity contribution >= 4 is 41.3 Å². The monoisotopic (exact) mass is 389 g/mol. The molecule has 0 atom stereocenters. The Morgan fingerprint density at radius 2 is 1.93 bits per heavy atom. The SMILES string of the molecule is Cc1ccc(NC(=O)C(=O)N/N=C\c2ccccc2OCC(=O)O)cc1Cl. The van der Waals surface area contributed by atoms with E-state index in [9.17, 15) is 14.4 Å². The van der Waals surface area contributed by atoms with Crippen LogP contribution in [-0.2, 0) is 14.4 Å². The topological polar surface area (TPSA) is 117 Å². The molecule has 0 aliphatic carbocycles.